The number of nitrogens with two attached hydrogens (primary N) is 1. The highest BCUT2D eigenvalue weighted by atomic mass is 16.2. The fraction of sp³-hybridized carbons (Fsp3) is 1.00. The minimum Gasteiger partial charge on any atom is -0.396 e. The van der Waals surface area contributed by atoms with Gasteiger partial charge in [-0.15, -0.1) is 0 Å². The Bertz CT molecular complexity index is 81.0. The molecule has 0 heterocycles. The van der Waals surface area contributed by atoms with Crippen molar-refractivity contribution >= 4 is 0 Å². The molecule has 0 amide bonds. The second-order valence-electron chi connectivity index (χ2n) is 2.87. The average molecular weight is 129 g/mol. The number of aliphatic hydroxyl groups excluding tert-OH is 1. The molecule has 2 nitrogen and oxygen atoms in total. The molecule has 2 heteroatoms. The van der Waals surface area contributed by atoms with Gasteiger partial charge < -0.3 is 10.8 Å². The van der Waals surface area contributed by atoms with Gasteiger partial charge >= 0.3 is 0 Å². The van der Waals surface area contributed by atoms with E-state index in [-0.39, 0.29) is 0 Å². The second-order valence-corrected chi connectivity index (χ2v) is 2.87. The van der Waals surface area contributed by atoms with Gasteiger partial charge in [0.2, 0.25) is 0 Å². The van der Waals surface area contributed by atoms with E-state index in [1.54, 1.807) is 0 Å². The summed E-state index contributed by atoms with van der Waals surface area (Å²) >= 11 is 0. The van der Waals surface area contributed by atoms with Crippen LogP contribution in [0, 0.1) is 5.92 Å². The molecule has 1 saturated carbocycles. The van der Waals surface area contributed by atoms with Crippen molar-refractivity contribution in [2.24, 2.45) is 11.7 Å². The Morgan fingerprint density at radius 3 is 2.67 bits per heavy atom. The largest absolute Gasteiger partial charge is 0.396 e. The van der Waals surface area contributed by atoms with Gasteiger partial charge in [-0.3, -0.25) is 0 Å². The average Bonchev–Trinajstić information content (AvgIpc) is 2.63. The minimum absolute atomic E-state index is 0.292. The number of hydrogen-bond donors (Lipinski definition) is 2. The van der Waals surface area contributed by atoms with E-state index in [0.29, 0.717) is 12.6 Å². The molecular weight excluding hydrogens is 114 g/mol. The maximum absolute atomic E-state index is 8.46. The quantitative estimate of drug-likeness (QED) is 0.580. The van der Waals surface area contributed by atoms with E-state index in [4.69, 9.17) is 10.8 Å². The van der Waals surface area contributed by atoms with Crippen molar-refractivity contribution in [2.45, 2.75) is 31.7 Å². The summed E-state index contributed by atoms with van der Waals surface area (Å²) in [5, 5.41) is 8.46. The lowest BCUT2D eigenvalue weighted by Crippen LogP contribution is -2.22. The Hall–Kier alpha value is -0.0800. The SMILES string of the molecule is N[C@H](CCCO)C1CC1. The summed E-state index contributed by atoms with van der Waals surface area (Å²) in [6, 6.07) is 0.372. The normalized spacial score (nSPS) is 22.0. The number of aliphatic hydroxyl groups is 1. The Labute approximate surface area is 56.1 Å². The van der Waals surface area contributed by atoms with Crippen molar-refractivity contribution in [1.82, 2.24) is 0 Å². The van der Waals surface area contributed by atoms with E-state index in [9.17, 15) is 0 Å². The van der Waals surface area contributed by atoms with Crippen molar-refractivity contribution in [3.8, 4) is 0 Å². The van der Waals surface area contributed by atoms with Crippen LogP contribution in [-0.2, 0) is 0 Å². The smallest absolute Gasteiger partial charge is 0.0431 e. The van der Waals surface area contributed by atoms with Gasteiger partial charge in [-0.1, -0.05) is 0 Å². The van der Waals surface area contributed by atoms with Crippen LogP contribution in [0.25, 0.3) is 0 Å². The molecule has 3 N–H and O–H groups in total. The highest BCUT2D eigenvalue weighted by Crippen LogP contribution is 2.32. The number of hydrogen-bond acceptors (Lipinski definition) is 2. The summed E-state index contributed by atoms with van der Waals surface area (Å²) in [6.07, 6.45) is 4.50. The van der Waals surface area contributed by atoms with Crippen LogP contribution in [-0.4, -0.2) is 17.8 Å². The van der Waals surface area contributed by atoms with E-state index in [2.05, 4.69) is 0 Å². The van der Waals surface area contributed by atoms with E-state index >= 15 is 0 Å². The molecule has 1 fully saturated rings. The van der Waals surface area contributed by atoms with Gasteiger partial charge in [-0.05, 0) is 31.6 Å². The molecule has 1 rings (SSSR count). The maximum Gasteiger partial charge on any atom is 0.0431 e. The van der Waals surface area contributed by atoms with Crippen LogP contribution in [0.4, 0.5) is 0 Å². The molecule has 0 aromatic carbocycles. The first kappa shape index (κ1) is 7.03. The van der Waals surface area contributed by atoms with E-state index in [0.717, 1.165) is 18.8 Å². The Kier molecular flexibility index (Phi) is 2.49. The summed E-state index contributed by atoms with van der Waals surface area (Å²) in [7, 11) is 0. The van der Waals surface area contributed by atoms with Crippen LogP contribution in [0.15, 0.2) is 0 Å². The highest BCUT2D eigenvalue weighted by molar-refractivity contribution is 4.83. The molecule has 1 aliphatic carbocycles. The maximum atomic E-state index is 8.46. The zero-order valence-corrected chi connectivity index (χ0v) is 5.71. The van der Waals surface area contributed by atoms with Crippen LogP contribution in [0.5, 0.6) is 0 Å². The Morgan fingerprint density at radius 2 is 2.22 bits per heavy atom. The van der Waals surface area contributed by atoms with Crippen LogP contribution >= 0.6 is 0 Å². The zero-order valence-electron chi connectivity index (χ0n) is 5.71. The minimum atomic E-state index is 0.292. The van der Waals surface area contributed by atoms with Gasteiger partial charge in [-0.2, -0.15) is 0 Å². The highest BCUT2D eigenvalue weighted by Gasteiger charge is 2.27. The van der Waals surface area contributed by atoms with Gasteiger partial charge in [0.25, 0.3) is 0 Å². The first-order valence-electron chi connectivity index (χ1n) is 3.71. The Morgan fingerprint density at radius 1 is 1.56 bits per heavy atom. The first-order chi connectivity index (χ1) is 4.34. The molecule has 54 valence electrons. The summed E-state index contributed by atoms with van der Waals surface area (Å²) in [6.45, 7) is 0.292. The van der Waals surface area contributed by atoms with E-state index in [1.165, 1.54) is 12.8 Å². The van der Waals surface area contributed by atoms with E-state index < -0.39 is 0 Å². The standard InChI is InChI=1S/C7H15NO/c8-7(2-1-5-9)6-3-4-6/h6-7,9H,1-5,8H2/t7-/m1/s1. The Balaban J connectivity index is 1.96. The molecule has 0 unspecified atom stereocenters. The predicted molar refractivity (Wildman–Crippen MR) is 37.0 cm³/mol. The monoisotopic (exact) mass is 129 g/mol. The van der Waals surface area contributed by atoms with Crippen LogP contribution < -0.4 is 5.73 Å². The summed E-state index contributed by atoms with van der Waals surface area (Å²) in [4.78, 5) is 0. The summed E-state index contributed by atoms with van der Waals surface area (Å²) in [5.41, 5.74) is 5.75. The second kappa shape index (κ2) is 3.18. The van der Waals surface area contributed by atoms with Gasteiger partial charge in [0.1, 0.15) is 0 Å². The fourth-order valence-corrected chi connectivity index (χ4v) is 1.09. The van der Waals surface area contributed by atoms with Gasteiger partial charge in [0, 0.05) is 12.6 Å². The lowest BCUT2D eigenvalue weighted by molar-refractivity contribution is 0.277. The predicted octanol–water partition coefficient (Wildman–Crippen LogP) is 0.496. The first-order valence-corrected chi connectivity index (χ1v) is 3.71. The van der Waals surface area contributed by atoms with Crippen molar-refractivity contribution in [3.05, 3.63) is 0 Å². The molecule has 0 saturated heterocycles. The number of rotatable bonds is 4. The molecule has 0 aliphatic heterocycles. The van der Waals surface area contributed by atoms with E-state index in [1.807, 2.05) is 0 Å². The molecule has 0 bridgehead atoms. The van der Waals surface area contributed by atoms with Crippen LogP contribution in [0.2, 0.25) is 0 Å². The van der Waals surface area contributed by atoms with Gasteiger partial charge in [0.15, 0.2) is 0 Å². The van der Waals surface area contributed by atoms with Gasteiger partial charge in [-0.25, -0.2) is 0 Å². The lowest BCUT2D eigenvalue weighted by Gasteiger charge is -2.06. The molecule has 0 aromatic rings. The topological polar surface area (TPSA) is 46.2 Å². The summed E-state index contributed by atoms with van der Waals surface area (Å²) < 4.78 is 0. The van der Waals surface area contributed by atoms with Crippen LogP contribution in [0.3, 0.4) is 0 Å². The van der Waals surface area contributed by atoms with Crippen molar-refractivity contribution in [1.29, 1.82) is 0 Å². The lowest BCUT2D eigenvalue weighted by atomic mass is 10.1. The van der Waals surface area contributed by atoms with Crippen molar-refractivity contribution in [2.75, 3.05) is 6.61 Å². The zero-order chi connectivity index (χ0) is 6.69. The third kappa shape index (κ3) is 2.33. The fourth-order valence-electron chi connectivity index (χ4n) is 1.09. The van der Waals surface area contributed by atoms with Crippen molar-refractivity contribution in [3.63, 3.8) is 0 Å². The molecule has 1 atom stereocenters. The third-order valence-corrected chi connectivity index (χ3v) is 1.92. The van der Waals surface area contributed by atoms with Gasteiger partial charge in [0.05, 0.1) is 0 Å². The molecular formula is C7H15NO. The summed E-state index contributed by atoms with van der Waals surface area (Å²) in [5.74, 6) is 0.788. The van der Waals surface area contributed by atoms with Crippen LogP contribution in [0.1, 0.15) is 25.7 Å². The molecule has 0 radical (unpaired) electrons. The molecule has 9 heavy (non-hydrogen) atoms. The van der Waals surface area contributed by atoms with Crippen molar-refractivity contribution < 1.29 is 5.11 Å². The third-order valence-electron chi connectivity index (χ3n) is 1.92. The molecule has 1 aliphatic rings. The molecule has 0 aromatic heterocycles. The molecule has 0 spiro atoms.